The van der Waals surface area contributed by atoms with Gasteiger partial charge in [-0.15, -0.1) is 0 Å². The van der Waals surface area contributed by atoms with Crippen molar-refractivity contribution in [2.24, 2.45) is 7.05 Å². The number of rotatable bonds is 6. The molecule has 0 radical (unpaired) electrons. The van der Waals surface area contributed by atoms with E-state index in [-0.39, 0.29) is 18.6 Å². The third kappa shape index (κ3) is 4.59. The van der Waals surface area contributed by atoms with E-state index in [0.717, 1.165) is 22.5 Å². The molecule has 0 N–H and O–H groups in total. The minimum Gasteiger partial charge on any atom is -0.452 e. The molecule has 0 aliphatic carbocycles. The number of esters is 1. The smallest absolute Gasteiger partial charge is 0.331 e. The summed E-state index contributed by atoms with van der Waals surface area (Å²) in [6.45, 7) is 5.45. The van der Waals surface area contributed by atoms with Gasteiger partial charge < -0.3 is 9.64 Å². The van der Waals surface area contributed by atoms with E-state index in [0.29, 0.717) is 0 Å². The molecule has 1 aromatic carbocycles. The monoisotopic (exact) mass is 355 g/mol. The molecule has 0 saturated heterocycles. The van der Waals surface area contributed by atoms with Crippen LogP contribution >= 0.6 is 0 Å². The summed E-state index contributed by atoms with van der Waals surface area (Å²) in [6, 6.07) is 9.61. The average Bonchev–Trinajstić information content (AvgIpc) is 2.89. The molecule has 6 nitrogen and oxygen atoms in total. The van der Waals surface area contributed by atoms with Crippen LogP contribution in [-0.4, -0.2) is 40.2 Å². The van der Waals surface area contributed by atoms with E-state index in [1.165, 1.54) is 6.08 Å². The van der Waals surface area contributed by atoms with Crippen LogP contribution in [0.1, 0.15) is 35.5 Å². The Kier molecular flexibility index (Phi) is 6.33. The zero-order valence-corrected chi connectivity index (χ0v) is 15.9. The van der Waals surface area contributed by atoms with Crippen molar-refractivity contribution in [3.8, 4) is 0 Å². The van der Waals surface area contributed by atoms with Crippen molar-refractivity contribution in [3.63, 3.8) is 0 Å². The standard InChI is InChI=1S/C20H25N3O3/c1-14-18(16(3)23(5)21-14)11-12-20(25)26-13-19(24)22(4)15(2)17-9-7-6-8-10-17/h6-12,15H,13H2,1-5H3/b12-11+/t15-/m0/s1. The van der Waals surface area contributed by atoms with Crippen molar-refractivity contribution in [1.29, 1.82) is 0 Å². The Morgan fingerprint density at radius 3 is 2.50 bits per heavy atom. The summed E-state index contributed by atoms with van der Waals surface area (Å²) in [5.74, 6) is -0.807. The highest BCUT2D eigenvalue weighted by molar-refractivity contribution is 5.89. The summed E-state index contributed by atoms with van der Waals surface area (Å²) < 4.78 is 6.83. The van der Waals surface area contributed by atoms with Crippen LogP contribution in [0, 0.1) is 13.8 Å². The fraction of sp³-hybridized carbons (Fsp3) is 0.350. The lowest BCUT2D eigenvalue weighted by atomic mass is 10.1. The molecular formula is C20H25N3O3. The number of benzene rings is 1. The molecule has 2 aromatic rings. The zero-order valence-electron chi connectivity index (χ0n) is 15.9. The van der Waals surface area contributed by atoms with Crippen molar-refractivity contribution in [2.45, 2.75) is 26.8 Å². The second-order valence-electron chi connectivity index (χ2n) is 6.24. The van der Waals surface area contributed by atoms with E-state index in [1.807, 2.05) is 58.2 Å². The Balaban J connectivity index is 1.90. The second-order valence-corrected chi connectivity index (χ2v) is 6.24. The summed E-state index contributed by atoms with van der Waals surface area (Å²) >= 11 is 0. The molecule has 2 rings (SSSR count). The van der Waals surface area contributed by atoms with E-state index < -0.39 is 5.97 Å². The number of carbonyl (C=O) groups is 2. The molecule has 1 amide bonds. The lowest BCUT2D eigenvalue weighted by Crippen LogP contribution is -2.33. The van der Waals surface area contributed by atoms with Crippen LogP contribution in [0.5, 0.6) is 0 Å². The molecule has 1 atom stereocenters. The van der Waals surface area contributed by atoms with Crippen molar-refractivity contribution in [3.05, 3.63) is 58.9 Å². The van der Waals surface area contributed by atoms with Gasteiger partial charge in [0.2, 0.25) is 0 Å². The van der Waals surface area contributed by atoms with Crippen LogP contribution in [0.3, 0.4) is 0 Å². The number of aryl methyl sites for hydroxylation is 2. The quantitative estimate of drug-likeness (QED) is 0.590. The van der Waals surface area contributed by atoms with Gasteiger partial charge in [0.25, 0.3) is 5.91 Å². The van der Waals surface area contributed by atoms with Crippen LogP contribution in [0.25, 0.3) is 6.08 Å². The van der Waals surface area contributed by atoms with Gasteiger partial charge in [0, 0.05) is 31.4 Å². The molecule has 6 heteroatoms. The second kappa shape index (κ2) is 8.47. The Labute approximate surface area is 154 Å². The zero-order chi connectivity index (χ0) is 19.3. The van der Waals surface area contributed by atoms with Gasteiger partial charge >= 0.3 is 5.97 Å². The lowest BCUT2D eigenvalue weighted by molar-refractivity contribution is -0.148. The van der Waals surface area contributed by atoms with Crippen LogP contribution < -0.4 is 0 Å². The number of hydrogen-bond donors (Lipinski definition) is 0. The number of likely N-dealkylation sites (N-methyl/N-ethyl adjacent to an activating group) is 1. The number of ether oxygens (including phenoxy) is 1. The fourth-order valence-corrected chi connectivity index (χ4v) is 2.64. The first kappa shape index (κ1) is 19.4. The third-order valence-electron chi connectivity index (χ3n) is 4.55. The predicted molar refractivity (Wildman–Crippen MR) is 100 cm³/mol. The minimum atomic E-state index is -0.554. The highest BCUT2D eigenvalue weighted by atomic mass is 16.5. The molecule has 138 valence electrons. The van der Waals surface area contributed by atoms with E-state index in [2.05, 4.69) is 5.10 Å². The fourth-order valence-electron chi connectivity index (χ4n) is 2.64. The lowest BCUT2D eigenvalue weighted by Gasteiger charge is -2.25. The molecule has 0 aliphatic heterocycles. The normalized spacial score (nSPS) is 12.2. The summed E-state index contributed by atoms with van der Waals surface area (Å²) in [5, 5.41) is 4.29. The Morgan fingerprint density at radius 2 is 1.92 bits per heavy atom. The van der Waals surface area contributed by atoms with Crippen molar-refractivity contribution >= 4 is 18.0 Å². The van der Waals surface area contributed by atoms with Gasteiger partial charge in [0.15, 0.2) is 6.61 Å². The van der Waals surface area contributed by atoms with Crippen LogP contribution in [0.4, 0.5) is 0 Å². The molecule has 0 fully saturated rings. The van der Waals surface area contributed by atoms with Crippen LogP contribution in [0.2, 0.25) is 0 Å². The van der Waals surface area contributed by atoms with Gasteiger partial charge in [-0.2, -0.15) is 5.10 Å². The minimum absolute atomic E-state index is 0.0985. The van der Waals surface area contributed by atoms with E-state index in [1.54, 1.807) is 22.7 Å². The summed E-state index contributed by atoms with van der Waals surface area (Å²) in [4.78, 5) is 25.7. The molecule has 1 heterocycles. The Hall–Kier alpha value is -2.89. The van der Waals surface area contributed by atoms with Crippen molar-refractivity contribution in [2.75, 3.05) is 13.7 Å². The van der Waals surface area contributed by atoms with Crippen LogP contribution in [0.15, 0.2) is 36.4 Å². The molecule has 0 aliphatic rings. The van der Waals surface area contributed by atoms with Crippen molar-refractivity contribution in [1.82, 2.24) is 14.7 Å². The first-order valence-electron chi connectivity index (χ1n) is 8.47. The van der Waals surface area contributed by atoms with E-state index in [9.17, 15) is 9.59 Å². The maximum Gasteiger partial charge on any atom is 0.331 e. The number of amides is 1. The molecule has 0 bridgehead atoms. The highest BCUT2D eigenvalue weighted by Gasteiger charge is 2.18. The van der Waals surface area contributed by atoms with Gasteiger partial charge in [0.1, 0.15) is 0 Å². The Morgan fingerprint density at radius 1 is 1.27 bits per heavy atom. The Bertz CT molecular complexity index is 809. The van der Waals surface area contributed by atoms with Gasteiger partial charge in [0.05, 0.1) is 11.7 Å². The van der Waals surface area contributed by atoms with Crippen LogP contribution in [-0.2, 0) is 21.4 Å². The number of hydrogen-bond acceptors (Lipinski definition) is 4. The summed E-state index contributed by atoms with van der Waals surface area (Å²) in [6.07, 6.45) is 2.99. The predicted octanol–water partition coefficient (Wildman–Crippen LogP) is 2.81. The van der Waals surface area contributed by atoms with Gasteiger partial charge in [-0.05, 0) is 32.4 Å². The summed E-state index contributed by atoms with van der Waals surface area (Å²) in [7, 11) is 3.55. The molecule has 1 aromatic heterocycles. The summed E-state index contributed by atoms with van der Waals surface area (Å²) in [5.41, 5.74) is 3.70. The van der Waals surface area contributed by atoms with Gasteiger partial charge in [-0.3, -0.25) is 9.48 Å². The number of aromatic nitrogens is 2. The SMILES string of the molecule is Cc1nn(C)c(C)c1/C=C/C(=O)OCC(=O)N(C)[C@@H](C)c1ccccc1. The topological polar surface area (TPSA) is 64.4 Å². The van der Waals surface area contributed by atoms with Gasteiger partial charge in [-0.25, -0.2) is 4.79 Å². The maximum atomic E-state index is 12.3. The molecular weight excluding hydrogens is 330 g/mol. The van der Waals surface area contributed by atoms with Crippen molar-refractivity contribution < 1.29 is 14.3 Å². The van der Waals surface area contributed by atoms with Gasteiger partial charge in [-0.1, -0.05) is 30.3 Å². The molecule has 26 heavy (non-hydrogen) atoms. The molecule has 0 unspecified atom stereocenters. The van der Waals surface area contributed by atoms with E-state index >= 15 is 0 Å². The molecule has 0 spiro atoms. The molecule has 0 saturated carbocycles. The largest absolute Gasteiger partial charge is 0.452 e. The highest BCUT2D eigenvalue weighted by Crippen LogP contribution is 2.18. The first-order valence-corrected chi connectivity index (χ1v) is 8.47. The van der Waals surface area contributed by atoms with E-state index in [4.69, 9.17) is 4.74 Å². The number of carbonyl (C=O) groups excluding carboxylic acids is 2. The average molecular weight is 355 g/mol. The number of nitrogens with zero attached hydrogens (tertiary/aromatic N) is 3. The third-order valence-corrected chi connectivity index (χ3v) is 4.55. The maximum absolute atomic E-state index is 12.3. The first-order chi connectivity index (χ1) is 12.3.